The van der Waals surface area contributed by atoms with Crippen LogP contribution in [0.1, 0.15) is 18.6 Å². The van der Waals surface area contributed by atoms with E-state index in [-0.39, 0.29) is 5.97 Å². The van der Waals surface area contributed by atoms with Crippen molar-refractivity contribution in [2.24, 2.45) is 0 Å². The average molecular weight is 283 g/mol. The zero-order valence-electron chi connectivity index (χ0n) is 12.1. The van der Waals surface area contributed by atoms with Crippen LogP contribution in [0.25, 0.3) is 21.8 Å². The molecule has 2 aromatic carbocycles. The lowest BCUT2D eigenvalue weighted by Crippen LogP contribution is -2.17. The van der Waals surface area contributed by atoms with Crippen LogP contribution >= 0.6 is 0 Å². The molecule has 1 atom stereocenters. The third-order valence-corrected chi connectivity index (χ3v) is 3.59. The molecule has 1 N–H and O–H groups in total. The highest BCUT2D eigenvalue weighted by Crippen LogP contribution is 2.33. The van der Waals surface area contributed by atoms with Crippen molar-refractivity contribution in [1.82, 2.24) is 4.98 Å². The molecule has 0 bridgehead atoms. The van der Waals surface area contributed by atoms with Gasteiger partial charge in [-0.05, 0) is 19.1 Å². The second-order valence-electron chi connectivity index (χ2n) is 4.80. The molecule has 1 aromatic heterocycles. The molecule has 0 radical (unpaired) electrons. The fourth-order valence-electron chi connectivity index (χ4n) is 2.71. The number of carbonyl (C=O) groups is 1. The van der Waals surface area contributed by atoms with Crippen LogP contribution in [-0.4, -0.2) is 24.7 Å². The number of aromatic amines is 1. The first-order valence-electron chi connectivity index (χ1n) is 6.95. The normalized spacial score (nSPS) is 12.7. The van der Waals surface area contributed by atoms with E-state index in [1.165, 1.54) is 7.11 Å². The predicted molar refractivity (Wildman–Crippen MR) is 82.2 cm³/mol. The molecule has 0 aliphatic rings. The van der Waals surface area contributed by atoms with Gasteiger partial charge in [0, 0.05) is 34.0 Å². The van der Waals surface area contributed by atoms with Crippen molar-refractivity contribution in [3.05, 3.63) is 48.0 Å². The quantitative estimate of drug-likeness (QED) is 0.745. The Bertz CT molecular complexity index is 791. The van der Waals surface area contributed by atoms with Gasteiger partial charge in [0.25, 0.3) is 0 Å². The molecule has 21 heavy (non-hydrogen) atoms. The molecular weight excluding hydrogens is 266 g/mol. The molecule has 1 unspecified atom stereocenters. The number of carbonyl (C=O) groups excluding carboxylic acids is 1. The van der Waals surface area contributed by atoms with Crippen molar-refractivity contribution in [2.45, 2.75) is 13.0 Å². The summed E-state index contributed by atoms with van der Waals surface area (Å²) in [5.74, 6) is -0.380. The van der Waals surface area contributed by atoms with Gasteiger partial charge in [0.05, 0.1) is 7.11 Å². The zero-order chi connectivity index (χ0) is 14.8. The highest BCUT2D eigenvalue weighted by molar-refractivity contribution is 6.10. The third kappa shape index (κ3) is 2.28. The summed E-state index contributed by atoms with van der Waals surface area (Å²) in [4.78, 5) is 15.4. The number of H-pyrrole nitrogens is 1. The van der Waals surface area contributed by atoms with E-state index in [0.29, 0.717) is 6.61 Å². The van der Waals surface area contributed by atoms with E-state index in [9.17, 15) is 4.79 Å². The van der Waals surface area contributed by atoms with Crippen LogP contribution < -0.4 is 0 Å². The van der Waals surface area contributed by atoms with Gasteiger partial charge in [-0.1, -0.05) is 30.3 Å². The third-order valence-electron chi connectivity index (χ3n) is 3.59. The molecule has 0 aliphatic carbocycles. The Labute approximate surface area is 122 Å². The SMILES string of the molecule is CCOC(C(=O)OC)c1cccc2[nH]c3ccccc3c12. The summed E-state index contributed by atoms with van der Waals surface area (Å²) >= 11 is 0. The highest BCUT2D eigenvalue weighted by Gasteiger charge is 2.25. The molecule has 0 aliphatic heterocycles. The number of rotatable bonds is 4. The van der Waals surface area contributed by atoms with E-state index in [0.717, 1.165) is 27.4 Å². The first-order chi connectivity index (χ1) is 10.3. The Morgan fingerprint density at radius 3 is 2.67 bits per heavy atom. The standard InChI is InChI=1S/C17H17NO3/c1-3-21-16(17(19)20-2)12-8-6-10-14-15(12)11-7-4-5-9-13(11)18-14/h4-10,16,18H,3H2,1-2H3. The average Bonchev–Trinajstić information content (AvgIpc) is 2.90. The number of esters is 1. The summed E-state index contributed by atoms with van der Waals surface area (Å²) in [5, 5.41) is 2.09. The Morgan fingerprint density at radius 2 is 1.90 bits per heavy atom. The second kappa shape index (κ2) is 5.58. The molecule has 0 amide bonds. The molecule has 0 spiro atoms. The Kier molecular flexibility index (Phi) is 3.62. The highest BCUT2D eigenvalue weighted by atomic mass is 16.6. The van der Waals surface area contributed by atoms with Crippen LogP contribution in [0.3, 0.4) is 0 Å². The van der Waals surface area contributed by atoms with Crippen molar-refractivity contribution in [3.63, 3.8) is 0 Å². The van der Waals surface area contributed by atoms with Gasteiger partial charge in [-0.25, -0.2) is 4.79 Å². The molecule has 4 nitrogen and oxygen atoms in total. The number of ether oxygens (including phenoxy) is 2. The summed E-state index contributed by atoms with van der Waals surface area (Å²) in [6.07, 6.45) is -0.706. The van der Waals surface area contributed by atoms with Gasteiger partial charge in [-0.15, -0.1) is 0 Å². The monoisotopic (exact) mass is 283 g/mol. The van der Waals surface area contributed by atoms with Crippen LogP contribution in [-0.2, 0) is 14.3 Å². The molecule has 4 heteroatoms. The minimum atomic E-state index is -0.706. The van der Waals surface area contributed by atoms with E-state index in [4.69, 9.17) is 9.47 Å². The van der Waals surface area contributed by atoms with Crippen molar-refractivity contribution in [1.29, 1.82) is 0 Å². The molecule has 1 heterocycles. The lowest BCUT2D eigenvalue weighted by molar-refractivity contribution is -0.154. The number of methoxy groups -OCH3 is 1. The zero-order valence-corrected chi connectivity index (χ0v) is 12.1. The van der Waals surface area contributed by atoms with E-state index < -0.39 is 6.10 Å². The van der Waals surface area contributed by atoms with Crippen molar-refractivity contribution < 1.29 is 14.3 Å². The van der Waals surface area contributed by atoms with E-state index in [1.807, 2.05) is 49.4 Å². The van der Waals surface area contributed by atoms with Gasteiger partial charge >= 0.3 is 5.97 Å². The van der Waals surface area contributed by atoms with Crippen LogP contribution in [0.4, 0.5) is 0 Å². The maximum Gasteiger partial charge on any atom is 0.339 e. The van der Waals surface area contributed by atoms with Gasteiger partial charge < -0.3 is 14.5 Å². The van der Waals surface area contributed by atoms with Gasteiger partial charge in [-0.3, -0.25) is 0 Å². The number of hydrogen-bond acceptors (Lipinski definition) is 3. The van der Waals surface area contributed by atoms with E-state index in [2.05, 4.69) is 4.98 Å². The Morgan fingerprint density at radius 1 is 1.14 bits per heavy atom. The van der Waals surface area contributed by atoms with Gasteiger partial charge in [0.1, 0.15) is 0 Å². The number of fused-ring (bicyclic) bond motifs is 3. The smallest absolute Gasteiger partial charge is 0.339 e. The van der Waals surface area contributed by atoms with Gasteiger partial charge in [0.15, 0.2) is 6.10 Å². The minimum Gasteiger partial charge on any atom is -0.467 e. The molecule has 0 fully saturated rings. The van der Waals surface area contributed by atoms with Crippen molar-refractivity contribution in [2.75, 3.05) is 13.7 Å². The maximum atomic E-state index is 12.0. The number of para-hydroxylation sites is 1. The van der Waals surface area contributed by atoms with E-state index in [1.54, 1.807) is 0 Å². The predicted octanol–water partition coefficient (Wildman–Crippen LogP) is 3.57. The number of nitrogens with one attached hydrogen (secondary N) is 1. The Hall–Kier alpha value is -2.33. The largest absolute Gasteiger partial charge is 0.467 e. The number of hydrogen-bond donors (Lipinski definition) is 1. The molecule has 3 rings (SSSR count). The lowest BCUT2D eigenvalue weighted by atomic mass is 10.0. The molecule has 3 aromatic rings. The summed E-state index contributed by atoms with van der Waals surface area (Å²) in [6.45, 7) is 2.31. The maximum absolute atomic E-state index is 12.0. The number of benzene rings is 2. The molecule has 108 valence electrons. The van der Waals surface area contributed by atoms with Crippen LogP contribution in [0.2, 0.25) is 0 Å². The van der Waals surface area contributed by atoms with Crippen molar-refractivity contribution in [3.8, 4) is 0 Å². The lowest BCUT2D eigenvalue weighted by Gasteiger charge is -2.16. The summed E-state index contributed by atoms with van der Waals surface area (Å²) in [6, 6.07) is 13.9. The Balaban J connectivity index is 2.28. The van der Waals surface area contributed by atoms with Crippen molar-refractivity contribution >= 4 is 27.8 Å². The van der Waals surface area contributed by atoms with E-state index >= 15 is 0 Å². The second-order valence-corrected chi connectivity index (χ2v) is 4.80. The topological polar surface area (TPSA) is 51.3 Å². The molecule has 0 saturated carbocycles. The van der Waals surface area contributed by atoms with Gasteiger partial charge in [0.2, 0.25) is 0 Å². The molecule has 0 saturated heterocycles. The number of aromatic nitrogens is 1. The van der Waals surface area contributed by atoms with Gasteiger partial charge in [-0.2, -0.15) is 0 Å². The summed E-state index contributed by atoms with van der Waals surface area (Å²) in [5.41, 5.74) is 2.86. The summed E-state index contributed by atoms with van der Waals surface area (Å²) in [7, 11) is 1.38. The molecular formula is C17H17NO3. The first-order valence-corrected chi connectivity index (χ1v) is 6.95. The minimum absolute atomic E-state index is 0.380. The summed E-state index contributed by atoms with van der Waals surface area (Å²) < 4.78 is 10.5. The fraction of sp³-hybridized carbons (Fsp3) is 0.235. The fourth-order valence-corrected chi connectivity index (χ4v) is 2.71. The van der Waals surface area contributed by atoms with Crippen LogP contribution in [0.15, 0.2) is 42.5 Å². The van der Waals surface area contributed by atoms with Crippen LogP contribution in [0.5, 0.6) is 0 Å². The first kappa shape index (κ1) is 13.6. The van der Waals surface area contributed by atoms with Crippen LogP contribution in [0, 0.1) is 0 Å².